The molecular formula is C6H4ClF3N2. The first-order valence-corrected chi connectivity index (χ1v) is 3.27. The van der Waals surface area contributed by atoms with E-state index in [4.69, 9.17) is 17.3 Å². The first-order chi connectivity index (χ1) is 5.41. The molecule has 0 aliphatic heterocycles. The summed E-state index contributed by atoms with van der Waals surface area (Å²) in [6.45, 7) is 0. The molecule has 0 atom stereocenters. The monoisotopic (exact) mass is 196 g/mol. The second-order valence-electron chi connectivity index (χ2n) is 2.09. The van der Waals surface area contributed by atoms with E-state index < -0.39 is 17.4 Å². The summed E-state index contributed by atoms with van der Waals surface area (Å²) in [5.41, 5.74) is 3.65. The van der Waals surface area contributed by atoms with E-state index in [-0.39, 0.29) is 5.15 Å². The van der Waals surface area contributed by atoms with Crippen LogP contribution >= 0.6 is 11.6 Å². The molecule has 0 bridgehead atoms. The highest BCUT2D eigenvalue weighted by Gasteiger charge is 2.33. The van der Waals surface area contributed by atoms with Crippen LogP contribution in [0, 0.1) is 0 Å². The quantitative estimate of drug-likeness (QED) is 0.647. The summed E-state index contributed by atoms with van der Waals surface area (Å²) < 4.78 is 36.2. The topological polar surface area (TPSA) is 38.9 Å². The third-order valence-corrected chi connectivity index (χ3v) is 1.41. The molecule has 1 heterocycles. The highest BCUT2D eigenvalue weighted by Crippen LogP contribution is 2.33. The predicted octanol–water partition coefficient (Wildman–Crippen LogP) is 2.34. The first kappa shape index (κ1) is 9.12. The fraction of sp³-hybridized carbons (Fsp3) is 0.167. The maximum absolute atomic E-state index is 12.1. The Kier molecular flexibility index (Phi) is 2.14. The van der Waals surface area contributed by atoms with Crippen LogP contribution in [-0.4, -0.2) is 4.98 Å². The van der Waals surface area contributed by atoms with Crippen molar-refractivity contribution in [1.29, 1.82) is 0 Å². The molecule has 0 saturated heterocycles. The fourth-order valence-electron chi connectivity index (χ4n) is 0.686. The Labute approximate surface area is 71.2 Å². The van der Waals surface area contributed by atoms with E-state index >= 15 is 0 Å². The lowest BCUT2D eigenvalue weighted by Gasteiger charge is -2.08. The molecule has 1 aromatic rings. The Balaban J connectivity index is 3.23. The van der Waals surface area contributed by atoms with Crippen LogP contribution in [0.1, 0.15) is 5.56 Å². The molecule has 6 heteroatoms. The van der Waals surface area contributed by atoms with Crippen molar-refractivity contribution in [3.8, 4) is 0 Å². The maximum atomic E-state index is 12.1. The van der Waals surface area contributed by atoms with Crippen LogP contribution in [0.3, 0.4) is 0 Å². The van der Waals surface area contributed by atoms with Gasteiger partial charge >= 0.3 is 6.18 Å². The normalized spacial score (nSPS) is 11.7. The minimum absolute atomic E-state index is 0.225. The van der Waals surface area contributed by atoms with Crippen LogP contribution in [0.2, 0.25) is 5.15 Å². The molecule has 12 heavy (non-hydrogen) atoms. The lowest BCUT2D eigenvalue weighted by molar-refractivity contribution is -0.136. The van der Waals surface area contributed by atoms with Crippen LogP contribution in [0.5, 0.6) is 0 Å². The van der Waals surface area contributed by atoms with Crippen LogP contribution in [0.4, 0.5) is 18.9 Å². The summed E-state index contributed by atoms with van der Waals surface area (Å²) in [6.07, 6.45) is -3.60. The van der Waals surface area contributed by atoms with E-state index in [1.54, 1.807) is 0 Å². The van der Waals surface area contributed by atoms with Crippen molar-refractivity contribution in [1.82, 2.24) is 4.98 Å². The van der Waals surface area contributed by atoms with E-state index in [0.29, 0.717) is 6.07 Å². The van der Waals surface area contributed by atoms with Crippen LogP contribution in [-0.2, 0) is 6.18 Å². The molecule has 1 aromatic heterocycles. The summed E-state index contributed by atoms with van der Waals surface area (Å²) in [7, 11) is 0. The lowest BCUT2D eigenvalue weighted by Crippen LogP contribution is -2.09. The van der Waals surface area contributed by atoms with E-state index in [9.17, 15) is 13.2 Å². The number of alkyl halides is 3. The zero-order chi connectivity index (χ0) is 9.35. The van der Waals surface area contributed by atoms with Gasteiger partial charge in [-0.25, -0.2) is 4.98 Å². The van der Waals surface area contributed by atoms with Gasteiger partial charge in [-0.2, -0.15) is 13.2 Å². The SMILES string of the molecule is Nc1cnc(Cl)cc1C(F)(F)F. The number of anilines is 1. The van der Waals surface area contributed by atoms with Gasteiger partial charge in [-0.15, -0.1) is 0 Å². The molecule has 0 unspecified atom stereocenters. The zero-order valence-electron chi connectivity index (χ0n) is 5.69. The van der Waals surface area contributed by atoms with Gasteiger partial charge in [0.25, 0.3) is 0 Å². The zero-order valence-corrected chi connectivity index (χ0v) is 6.45. The predicted molar refractivity (Wildman–Crippen MR) is 38.7 cm³/mol. The van der Waals surface area contributed by atoms with Gasteiger partial charge in [0.2, 0.25) is 0 Å². The molecule has 0 fully saturated rings. The van der Waals surface area contributed by atoms with E-state index in [1.165, 1.54) is 0 Å². The summed E-state index contributed by atoms with van der Waals surface area (Å²) >= 11 is 5.26. The highest BCUT2D eigenvalue weighted by atomic mass is 35.5. The summed E-state index contributed by atoms with van der Waals surface area (Å²) in [5.74, 6) is 0. The van der Waals surface area contributed by atoms with E-state index in [0.717, 1.165) is 6.20 Å². The lowest BCUT2D eigenvalue weighted by atomic mass is 10.2. The molecule has 0 amide bonds. The minimum Gasteiger partial charge on any atom is -0.397 e. The van der Waals surface area contributed by atoms with Crippen molar-refractivity contribution in [2.24, 2.45) is 0 Å². The molecule has 66 valence electrons. The fourth-order valence-corrected chi connectivity index (χ4v) is 0.844. The number of pyridine rings is 1. The van der Waals surface area contributed by atoms with Crippen molar-refractivity contribution >= 4 is 17.3 Å². The van der Waals surface area contributed by atoms with Crippen molar-refractivity contribution in [3.63, 3.8) is 0 Å². The highest BCUT2D eigenvalue weighted by molar-refractivity contribution is 6.29. The minimum atomic E-state index is -4.48. The Morgan fingerprint density at radius 1 is 1.42 bits per heavy atom. The standard InChI is InChI=1S/C6H4ClF3N2/c7-5-1-3(6(8,9)10)4(11)2-12-5/h1-2H,11H2. The Morgan fingerprint density at radius 3 is 2.42 bits per heavy atom. The van der Waals surface area contributed by atoms with Gasteiger partial charge in [-0.1, -0.05) is 11.6 Å². The smallest absolute Gasteiger partial charge is 0.397 e. The summed E-state index contributed by atoms with van der Waals surface area (Å²) in [6, 6.07) is 0.691. The Morgan fingerprint density at radius 2 is 2.00 bits per heavy atom. The van der Waals surface area contributed by atoms with Gasteiger partial charge in [0, 0.05) is 0 Å². The maximum Gasteiger partial charge on any atom is 0.418 e. The average Bonchev–Trinajstić information content (AvgIpc) is 1.92. The molecule has 2 nitrogen and oxygen atoms in total. The number of nitrogens with two attached hydrogens (primary N) is 1. The summed E-state index contributed by atoms with van der Waals surface area (Å²) in [4.78, 5) is 3.39. The number of halogens is 4. The van der Waals surface area contributed by atoms with E-state index in [2.05, 4.69) is 4.98 Å². The van der Waals surface area contributed by atoms with Gasteiger partial charge in [0.1, 0.15) is 5.15 Å². The second kappa shape index (κ2) is 2.82. The molecule has 1 rings (SSSR count). The number of rotatable bonds is 0. The van der Waals surface area contributed by atoms with Gasteiger partial charge in [-0.3, -0.25) is 0 Å². The molecule has 0 aromatic carbocycles. The molecule has 0 saturated carbocycles. The summed E-state index contributed by atoms with van der Waals surface area (Å²) in [5, 5.41) is -0.225. The number of nitrogens with zero attached hydrogens (tertiary/aromatic N) is 1. The Hall–Kier alpha value is -0.970. The number of aromatic nitrogens is 1. The first-order valence-electron chi connectivity index (χ1n) is 2.89. The molecule has 0 spiro atoms. The van der Waals surface area contributed by atoms with Crippen molar-refractivity contribution < 1.29 is 13.2 Å². The van der Waals surface area contributed by atoms with Crippen LogP contribution in [0.15, 0.2) is 12.3 Å². The van der Waals surface area contributed by atoms with Crippen molar-refractivity contribution in [3.05, 3.63) is 23.0 Å². The number of hydrogen-bond acceptors (Lipinski definition) is 2. The van der Waals surface area contributed by atoms with Crippen molar-refractivity contribution in [2.75, 3.05) is 5.73 Å². The second-order valence-corrected chi connectivity index (χ2v) is 2.48. The van der Waals surface area contributed by atoms with Gasteiger partial charge in [0.05, 0.1) is 17.4 Å². The van der Waals surface area contributed by atoms with E-state index in [1.807, 2.05) is 0 Å². The number of hydrogen-bond donors (Lipinski definition) is 1. The van der Waals surface area contributed by atoms with Gasteiger partial charge in [-0.05, 0) is 6.07 Å². The average molecular weight is 197 g/mol. The molecule has 2 N–H and O–H groups in total. The third-order valence-electron chi connectivity index (χ3n) is 1.21. The molecule has 0 aliphatic carbocycles. The molecule has 0 aliphatic rings. The van der Waals surface area contributed by atoms with Crippen LogP contribution in [0.25, 0.3) is 0 Å². The molecular weight excluding hydrogens is 193 g/mol. The largest absolute Gasteiger partial charge is 0.418 e. The third kappa shape index (κ3) is 1.79. The Bertz CT molecular complexity index is 297. The van der Waals surface area contributed by atoms with Crippen molar-refractivity contribution in [2.45, 2.75) is 6.18 Å². The van der Waals surface area contributed by atoms with Gasteiger partial charge in [0.15, 0.2) is 0 Å². The van der Waals surface area contributed by atoms with Gasteiger partial charge < -0.3 is 5.73 Å². The number of nitrogen functional groups attached to an aromatic ring is 1. The van der Waals surface area contributed by atoms with Crippen LogP contribution < -0.4 is 5.73 Å². The molecule has 0 radical (unpaired) electrons.